The Kier molecular flexibility index (Phi) is 2.59. The minimum atomic E-state index is -0.0833. The van der Waals surface area contributed by atoms with Crippen LogP contribution in [0.5, 0.6) is 0 Å². The van der Waals surface area contributed by atoms with E-state index in [1.807, 2.05) is 6.26 Å². The van der Waals surface area contributed by atoms with E-state index in [1.54, 1.807) is 0 Å². The first-order valence-corrected chi connectivity index (χ1v) is 4.37. The first kappa shape index (κ1) is 4.87. The average Bonchev–Trinajstić information content (AvgIpc) is 0.811. The van der Waals surface area contributed by atoms with Crippen LogP contribution in [0, 0.1) is 0 Å². The van der Waals surface area contributed by atoms with E-state index in [2.05, 4.69) is 19.0 Å². The molecule has 0 rings (SSSR count). The molecule has 0 saturated carbocycles. The molecule has 0 nitrogen and oxygen atoms in total. The third-order valence-electron chi connectivity index (χ3n) is 0. The van der Waals surface area contributed by atoms with Crippen LogP contribution in [0.4, 0.5) is 0 Å². The average molecular weight is 110 g/mol. The van der Waals surface area contributed by atoms with Gasteiger partial charge in [0.15, 0.2) is 0 Å². The number of hydrogen-bond acceptors (Lipinski definition) is 1. The quantitative estimate of drug-likeness (QED) is 0.419. The molecule has 0 aliphatic rings. The normalized spacial score (nSPS) is 6.00. The van der Waals surface area contributed by atoms with Crippen molar-refractivity contribution in [3.63, 3.8) is 0 Å². The summed E-state index contributed by atoms with van der Waals surface area (Å²) in [6, 6.07) is 0. The van der Waals surface area contributed by atoms with Crippen molar-refractivity contribution in [1.29, 1.82) is 0 Å². The van der Waals surface area contributed by atoms with Gasteiger partial charge < -0.3 is 0 Å². The molecular weight excluding hydrogens is 107 g/mol. The van der Waals surface area contributed by atoms with Gasteiger partial charge in [0.1, 0.15) is 0 Å². The second kappa shape index (κ2) is 2.13. The monoisotopic (exact) mass is 110 g/mol. The summed E-state index contributed by atoms with van der Waals surface area (Å²) in [7, 11) is 3.73. The summed E-state index contributed by atoms with van der Waals surface area (Å²) < 4.78 is 0. The molecule has 0 unspecified atom stereocenters. The molecule has 0 aromatic rings. The zero-order valence-corrected chi connectivity index (χ0v) is 4.79. The second-order valence-corrected chi connectivity index (χ2v) is 5.16. The van der Waals surface area contributed by atoms with E-state index in [4.69, 9.17) is 0 Å². The Morgan fingerprint density at radius 1 is 2.00 bits per heavy atom. The van der Waals surface area contributed by atoms with Gasteiger partial charge in [-0.3, -0.25) is 0 Å². The van der Waals surface area contributed by atoms with Crippen LogP contribution in [0.3, 0.4) is 0 Å². The molecule has 0 N–H and O–H groups in total. The fraction of sp³-hybridized carbons (Fsp3) is 1.00. The van der Waals surface area contributed by atoms with Crippen LogP contribution < -0.4 is 0 Å². The number of rotatable bonds is 0. The Hall–Kier alpha value is 0.870. The topological polar surface area (TPSA) is 0 Å². The van der Waals surface area contributed by atoms with Crippen molar-refractivity contribution in [2.75, 3.05) is 6.26 Å². The molecule has 0 aromatic carbocycles. The Morgan fingerprint density at radius 3 is 2.00 bits per heavy atom. The summed E-state index contributed by atoms with van der Waals surface area (Å²) >= 11 is 4.51. The van der Waals surface area contributed by atoms with Gasteiger partial charge in [-0.05, 0) is 0 Å². The van der Waals surface area contributed by atoms with Gasteiger partial charge in [0.05, 0.1) is 0 Å². The van der Waals surface area contributed by atoms with Crippen LogP contribution >= 0.6 is 7.81 Å². The van der Waals surface area contributed by atoms with Crippen molar-refractivity contribution >= 4 is 27.4 Å². The van der Waals surface area contributed by atoms with E-state index in [1.165, 1.54) is 0 Å². The van der Waals surface area contributed by atoms with Crippen molar-refractivity contribution < 1.29 is 0 Å². The summed E-state index contributed by atoms with van der Waals surface area (Å²) in [5.74, 6) is 0. The maximum atomic E-state index is 4.51. The van der Waals surface area contributed by atoms with Gasteiger partial charge in [-0.15, -0.1) is 0 Å². The molecule has 4 heavy (non-hydrogen) atoms. The molecule has 0 heterocycles. The first-order valence-electron chi connectivity index (χ1n) is 0.757. The molecule has 0 aliphatic heterocycles. The van der Waals surface area contributed by atoms with Crippen molar-refractivity contribution in [2.24, 2.45) is 0 Å². The third-order valence-corrected chi connectivity index (χ3v) is 0. The van der Waals surface area contributed by atoms with Gasteiger partial charge >= 0.3 is 33.7 Å². The fourth-order valence-electron chi connectivity index (χ4n) is 0. The van der Waals surface area contributed by atoms with Crippen LogP contribution in [-0.4, -0.2) is 6.26 Å². The molecule has 0 saturated heterocycles. The number of hydrogen-bond donors (Lipinski definition) is 0. The Labute approximate surface area is 34.2 Å². The van der Waals surface area contributed by atoms with E-state index in [0.717, 1.165) is 0 Å². The van der Waals surface area contributed by atoms with Gasteiger partial charge in [-0.1, -0.05) is 0 Å². The fourth-order valence-corrected chi connectivity index (χ4v) is 0. The van der Waals surface area contributed by atoms with Crippen molar-refractivity contribution in [3.05, 3.63) is 0 Å². The molecule has 0 spiro atoms. The van der Waals surface area contributed by atoms with Gasteiger partial charge in [-0.25, -0.2) is 0 Å². The SMILES string of the molecule is CS(#P)=S. The minimum absolute atomic E-state index is 0.0833. The maximum absolute atomic E-state index is 4.51. The molecule has 0 atom stereocenters. The molecule has 0 radical (unpaired) electrons. The zero-order chi connectivity index (χ0) is 3.58. The predicted octanol–water partition coefficient (Wildman–Crippen LogP) is 1.02. The molecule has 0 amide bonds. The van der Waals surface area contributed by atoms with Crippen LogP contribution in [0.25, 0.3) is 0 Å². The molecule has 0 aromatic heterocycles. The van der Waals surface area contributed by atoms with E-state index in [-0.39, 0.29) is 8.43 Å². The Morgan fingerprint density at radius 2 is 2.00 bits per heavy atom. The van der Waals surface area contributed by atoms with E-state index in [0.29, 0.717) is 0 Å². The van der Waals surface area contributed by atoms with Crippen molar-refractivity contribution in [2.45, 2.75) is 0 Å². The molecule has 0 fully saturated rings. The van der Waals surface area contributed by atoms with E-state index >= 15 is 0 Å². The zero-order valence-electron chi connectivity index (χ0n) is 2.26. The van der Waals surface area contributed by atoms with Gasteiger partial charge in [0.25, 0.3) is 0 Å². The standard InChI is InChI=1S/CH3PS2/c1-4(2)3/h1H3. The Balaban J connectivity index is 3.85. The third kappa shape index (κ3) is 13.3. The molecular formula is CH3PS2. The molecule has 3 heteroatoms. The van der Waals surface area contributed by atoms with E-state index in [9.17, 15) is 0 Å². The van der Waals surface area contributed by atoms with Crippen LogP contribution in [0.15, 0.2) is 0 Å². The van der Waals surface area contributed by atoms with Gasteiger partial charge in [-0.2, -0.15) is 0 Å². The second-order valence-electron chi connectivity index (χ2n) is 0.424. The summed E-state index contributed by atoms with van der Waals surface area (Å²) in [6.07, 6.45) is 1.87. The van der Waals surface area contributed by atoms with Crippen LogP contribution in [0.2, 0.25) is 0 Å². The molecule has 0 aliphatic carbocycles. The predicted molar refractivity (Wildman–Crippen MR) is 27.6 cm³/mol. The summed E-state index contributed by atoms with van der Waals surface area (Å²) in [5, 5.41) is 0. The van der Waals surface area contributed by atoms with Gasteiger partial charge in [0.2, 0.25) is 0 Å². The van der Waals surface area contributed by atoms with Crippen LogP contribution in [-0.2, 0) is 19.6 Å². The van der Waals surface area contributed by atoms with E-state index < -0.39 is 0 Å². The Bertz CT molecular complexity index is 96.2. The van der Waals surface area contributed by atoms with Crippen molar-refractivity contribution in [3.8, 4) is 0 Å². The molecule has 24 valence electrons. The van der Waals surface area contributed by atoms with Crippen molar-refractivity contribution in [1.82, 2.24) is 0 Å². The summed E-state index contributed by atoms with van der Waals surface area (Å²) in [5.41, 5.74) is 0. The summed E-state index contributed by atoms with van der Waals surface area (Å²) in [4.78, 5) is 0. The first-order chi connectivity index (χ1) is 1.73. The van der Waals surface area contributed by atoms with Crippen LogP contribution in [0.1, 0.15) is 0 Å². The molecule has 0 bridgehead atoms. The summed E-state index contributed by atoms with van der Waals surface area (Å²) in [6.45, 7) is 0. The van der Waals surface area contributed by atoms with Gasteiger partial charge in [0, 0.05) is 0 Å².